The van der Waals surface area contributed by atoms with Crippen molar-refractivity contribution in [2.45, 2.75) is 38.5 Å². The molecule has 0 spiro atoms. The van der Waals surface area contributed by atoms with Crippen LogP contribution in [0.25, 0.3) is 10.9 Å². The first-order valence-electron chi connectivity index (χ1n) is 7.74. The van der Waals surface area contributed by atoms with E-state index in [-0.39, 0.29) is 0 Å². The van der Waals surface area contributed by atoms with Crippen LogP contribution < -0.4 is 0 Å². The molecule has 0 saturated heterocycles. The highest BCUT2D eigenvalue weighted by Crippen LogP contribution is 2.53. The topological polar surface area (TPSA) is 39.3 Å². The zero-order valence-electron chi connectivity index (χ0n) is 12.4. The molecular formula is C17H21ClN2O. The molecule has 112 valence electrons. The molecule has 2 aliphatic rings. The molecular weight excluding hydrogens is 284 g/mol. The largest absolute Gasteiger partial charge is 0.373 e. The number of aromatic nitrogens is 1. The summed E-state index contributed by atoms with van der Waals surface area (Å²) in [5.74, 6) is 1.72. The van der Waals surface area contributed by atoms with Crippen LogP contribution in [0.2, 0.25) is 5.02 Å². The lowest BCUT2D eigenvalue weighted by molar-refractivity contribution is -0.117. The van der Waals surface area contributed by atoms with Crippen LogP contribution in [0.3, 0.4) is 0 Å². The van der Waals surface area contributed by atoms with E-state index >= 15 is 0 Å². The quantitative estimate of drug-likeness (QED) is 0.845. The standard InChI is InChI=1S/C17H21ClN2O/c1-9-11-4-3-5-13(18)16(11)19-15(9)17(21)20(2)14-8-10-6-7-12(10)14/h3-5,10,12,14,17,19,21H,6-8H2,1-2H3. The minimum Gasteiger partial charge on any atom is -0.373 e. The van der Waals surface area contributed by atoms with Gasteiger partial charge in [-0.15, -0.1) is 0 Å². The molecule has 1 aromatic carbocycles. The Morgan fingerprint density at radius 1 is 1.38 bits per heavy atom. The molecule has 4 unspecified atom stereocenters. The molecule has 0 amide bonds. The van der Waals surface area contributed by atoms with Gasteiger partial charge in [0.2, 0.25) is 0 Å². The third-order valence-electron chi connectivity index (χ3n) is 5.76. The second kappa shape index (κ2) is 4.73. The van der Waals surface area contributed by atoms with Crippen LogP contribution in [-0.4, -0.2) is 28.1 Å². The van der Waals surface area contributed by atoms with Gasteiger partial charge in [-0.05, 0) is 56.7 Å². The average Bonchev–Trinajstić information content (AvgIpc) is 2.79. The number of hydrogen-bond acceptors (Lipinski definition) is 2. The van der Waals surface area contributed by atoms with Gasteiger partial charge in [-0.2, -0.15) is 0 Å². The predicted molar refractivity (Wildman–Crippen MR) is 85.4 cm³/mol. The number of aliphatic hydroxyl groups excluding tert-OH is 1. The number of aromatic amines is 1. The maximum atomic E-state index is 10.8. The van der Waals surface area contributed by atoms with E-state index in [4.69, 9.17) is 11.6 Å². The van der Waals surface area contributed by atoms with Crippen molar-refractivity contribution >= 4 is 22.5 Å². The van der Waals surface area contributed by atoms with E-state index in [1.54, 1.807) is 0 Å². The van der Waals surface area contributed by atoms with Gasteiger partial charge in [0.15, 0.2) is 0 Å². The number of nitrogens with zero attached hydrogens (tertiary/aromatic N) is 1. The molecule has 2 N–H and O–H groups in total. The smallest absolute Gasteiger partial charge is 0.148 e. The third-order valence-corrected chi connectivity index (χ3v) is 6.08. The van der Waals surface area contributed by atoms with Crippen molar-refractivity contribution in [1.29, 1.82) is 0 Å². The fourth-order valence-electron chi connectivity index (χ4n) is 4.13. The number of aryl methyl sites for hydroxylation is 1. The van der Waals surface area contributed by atoms with Gasteiger partial charge in [0.05, 0.1) is 16.2 Å². The number of para-hydroxylation sites is 1. The van der Waals surface area contributed by atoms with E-state index in [2.05, 4.69) is 22.9 Å². The number of halogens is 1. The Kier molecular flexibility index (Phi) is 3.07. The van der Waals surface area contributed by atoms with Gasteiger partial charge in [0.1, 0.15) is 6.23 Å². The van der Waals surface area contributed by atoms with Crippen molar-refractivity contribution in [3.05, 3.63) is 34.5 Å². The normalized spacial score (nSPS) is 29.1. The second-order valence-corrected chi connectivity index (χ2v) is 7.08. The van der Waals surface area contributed by atoms with Gasteiger partial charge in [0.25, 0.3) is 0 Å². The van der Waals surface area contributed by atoms with Gasteiger partial charge in [-0.3, -0.25) is 4.90 Å². The highest BCUT2D eigenvalue weighted by atomic mass is 35.5. The molecule has 3 nitrogen and oxygen atoms in total. The van der Waals surface area contributed by atoms with Gasteiger partial charge in [0, 0.05) is 11.4 Å². The first-order chi connectivity index (χ1) is 10.1. The van der Waals surface area contributed by atoms with Crippen molar-refractivity contribution in [3.63, 3.8) is 0 Å². The van der Waals surface area contributed by atoms with Crippen molar-refractivity contribution in [2.75, 3.05) is 7.05 Å². The fourth-order valence-corrected chi connectivity index (χ4v) is 4.35. The Morgan fingerprint density at radius 2 is 2.19 bits per heavy atom. The van der Waals surface area contributed by atoms with E-state index in [1.165, 1.54) is 19.3 Å². The molecule has 4 rings (SSSR count). The predicted octanol–water partition coefficient (Wildman–Crippen LogP) is 3.85. The van der Waals surface area contributed by atoms with Crippen LogP contribution in [0.4, 0.5) is 0 Å². The molecule has 2 aliphatic carbocycles. The summed E-state index contributed by atoms with van der Waals surface area (Å²) >= 11 is 6.25. The van der Waals surface area contributed by atoms with Crippen molar-refractivity contribution in [1.82, 2.24) is 9.88 Å². The summed E-state index contributed by atoms with van der Waals surface area (Å²) in [7, 11) is 2.04. The molecule has 1 aromatic heterocycles. The summed E-state index contributed by atoms with van der Waals surface area (Å²) in [6.45, 7) is 2.05. The zero-order chi connectivity index (χ0) is 14.7. The van der Waals surface area contributed by atoms with E-state index in [0.717, 1.165) is 34.0 Å². The molecule has 21 heavy (non-hydrogen) atoms. The first-order valence-corrected chi connectivity index (χ1v) is 8.12. The summed E-state index contributed by atoms with van der Waals surface area (Å²) in [5.41, 5.74) is 2.90. The lowest BCUT2D eigenvalue weighted by Crippen LogP contribution is -2.56. The van der Waals surface area contributed by atoms with Gasteiger partial charge in [-0.1, -0.05) is 23.7 Å². The summed E-state index contributed by atoms with van der Waals surface area (Å²) in [4.78, 5) is 5.47. The summed E-state index contributed by atoms with van der Waals surface area (Å²) < 4.78 is 0. The Balaban J connectivity index is 1.66. The van der Waals surface area contributed by atoms with Crippen molar-refractivity contribution < 1.29 is 5.11 Å². The minimum atomic E-state index is -0.583. The van der Waals surface area contributed by atoms with Gasteiger partial charge >= 0.3 is 0 Å². The van der Waals surface area contributed by atoms with E-state index in [9.17, 15) is 5.11 Å². The highest BCUT2D eigenvalue weighted by Gasteiger charge is 2.49. The number of nitrogens with one attached hydrogen (secondary N) is 1. The number of fused-ring (bicyclic) bond motifs is 2. The Bertz CT molecular complexity index is 695. The number of H-pyrrole nitrogens is 1. The van der Waals surface area contributed by atoms with Crippen molar-refractivity contribution in [3.8, 4) is 0 Å². The summed E-state index contributed by atoms with van der Waals surface area (Å²) in [6.07, 6.45) is 3.36. The SMILES string of the molecule is Cc1c(C(O)N(C)C2CC3CCC32)[nH]c2c(Cl)cccc12. The molecule has 2 fully saturated rings. The molecule has 2 aromatic rings. The maximum Gasteiger partial charge on any atom is 0.148 e. The van der Waals surface area contributed by atoms with E-state index < -0.39 is 6.23 Å². The lowest BCUT2D eigenvalue weighted by Gasteiger charge is -2.56. The van der Waals surface area contributed by atoms with Crippen LogP contribution in [0.5, 0.6) is 0 Å². The lowest BCUT2D eigenvalue weighted by atomic mass is 9.56. The summed E-state index contributed by atoms with van der Waals surface area (Å²) in [6, 6.07) is 6.41. The van der Waals surface area contributed by atoms with Crippen LogP contribution in [-0.2, 0) is 0 Å². The molecule has 4 heteroatoms. The maximum absolute atomic E-state index is 10.8. The highest BCUT2D eigenvalue weighted by molar-refractivity contribution is 6.35. The van der Waals surface area contributed by atoms with Crippen LogP contribution in [0, 0.1) is 18.8 Å². The minimum absolute atomic E-state index is 0.528. The van der Waals surface area contributed by atoms with Crippen LogP contribution in [0.1, 0.15) is 36.7 Å². The van der Waals surface area contributed by atoms with Gasteiger partial charge in [-0.25, -0.2) is 0 Å². The molecule has 2 saturated carbocycles. The first kappa shape index (κ1) is 13.6. The fraction of sp³-hybridized carbons (Fsp3) is 0.529. The number of hydrogen-bond donors (Lipinski definition) is 2. The van der Waals surface area contributed by atoms with Crippen LogP contribution >= 0.6 is 11.6 Å². The second-order valence-electron chi connectivity index (χ2n) is 6.67. The molecule has 0 radical (unpaired) electrons. The van der Waals surface area contributed by atoms with Crippen molar-refractivity contribution in [2.24, 2.45) is 11.8 Å². The average molecular weight is 305 g/mol. The number of benzene rings is 1. The van der Waals surface area contributed by atoms with Gasteiger partial charge < -0.3 is 10.1 Å². The Labute approximate surface area is 129 Å². The van der Waals surface area contributed by atoms with E-state index in [1.807, 2.05) is 19.2 Å². The third kappa shape index (κ3) is 1.88. The molecule has 1 heterocycles. The summed E-state index contributed by atoms with van der Waals surface area (Å²) in [5, 5.41) is 12.6. The number of rotatable bonds is 3. The monoisotopic (exact) mass is 304 g/mol. The molecule has 0 aliphatic heterocycles. The zero-order valence-corrected chi connectivity index (χ0v) is 13.2. The molecule has 4 atom stereocenters. The Hall–Kier alpha value is -1.03. The number of aliphatic hydroxyl groups is 1. The Morgan fingerprint density at radius 3 is 2.76 bits per heavy atom. The molecule has 0 bridgehead atoms. The van der Waals surface area contributed by atoms with E-state index in [0.29, 0.717) is 11.1 Å². The van der Waals surface area contributed by atoms with Crippen LogP contribution in [0.15, 0.2) is 18.2 Å².